The highest BCUT2D eigenvalue weighted by atomic mass is 19.4. The summed E-state index contributed by atoms with van der Waals surface area (Å²) >= 11 is 0. The van der Waals surface area contributed by atoms with Crippen LogP contribution in [-0.2, 0) is 9.59 Å². The highest BCUT2D eigenvalue weighted by Gasteiger charge is 2.34. The summed E-state index contributed by atoms with van der Waals surface area (Å²) in [6.07, 6.45) is -5.42. The third-order valence-corrected chi connectivity index (χ3v) is 3.22. The van der Waals surface area contributed by atoms with Gasteiger partial charge in [-0.05, 0) is 12.0 Å². The van der Waals surface area contributed by atoms with E-state index in [4.69, 9.17) is 0 Å². The van der Waals surface area contributed by atoms with Crippen LogP contribution in [0.25, 0.3) is 0 Å². The molecule has 0 aromatic heterocycles. The molecule has 1 unspecified atom stereocenters. The summed E-state index contributed by atoms with van der Waals surface area (Å²) in [5.41, 5.74) is 0.622. The second-order valence-electron chi connectivity index (χ2n) is 4.89. The van der Waals surface area contributed by atoms with Crippen LogP contribution in [0.5, 0.6) is 0 Å². The number of carbonyl (C=O) groups excluding carboxylic acids is 2. The minimum Gasteiger partial charge on any atom is -0.339 e. The lowest BCUT2D eigenvalue weighted by Gasteiger charge is -2.32. The number of carbonyl (C=O) groups is 2. The molecule has 2 amide bonds. The Hall–Kier alpha value is -2.05. The van der Waals surface area contributed by atoms with Gasteiger partial charge in [0.15, 0.2) is 0 Å². The summed E-state index contributed by atoms with van der Waals surface area (Å²) in [5.74, 6) is -0.738. The van der Waals surface area contributed by atoms with Gasteiger partial charge in [0.1, 0.15) is 6.04 Å². The molecular formula is C14H15F3N2O2. The molecule has 21 heavy (non-hydrogen) atoms. The van der Waals surface area contributed by atoms with Gasteiger partial charge in [0.2, 0.25) is 11.8 Å². The Kier molecular flexibility index (Phi) is 4.50. The van der Waals surface area contributed by atoms with Crippen LogP contribution in [0.3, 0.4) is 0 Å². The van der Waals surface area contributed by atoms with Crippen LogP contribution in [0.15, 0.2) is 30.3 Å². The fourth-order valence-corrected chi connectivity index (χ4v) is 2.23. The zero-order valence-corrected chi connectivity index (χ0v) is 11.2. The topological polar surface area (TPSA) is 49.4 Å². The lowest BCUT2D eigenvalue weighted by atomic mass is 10.0. The molecule has 1 heterocycles. The number of hydrogen-bond acceptors (Lipinski definition) is 2. The largest absolute Gasteiger partial charge is 0.389 e. The van der Waals surface area contributed by atoms with Gasteiger partial charge in [0.25, 0.3) is 0 Å². The lowest BCUT2D eigenvalue weighted by Crippen LogP contribution is -2.53. The SMILES string of the molecule is O=C1CN(CCCC(F)(F)F)C(=O)C(c2ccccc2)N1. The van der Waals surface area contributed by atoms with Gasteiger partial charge in [-0.1, -0.05) is 30.3 Å². The lowest BCUT2D eigenvalue weighted by molar-refractivity contribution is -0.147. The van der Waals surface area contributed by atoms with E-state index in [0.717, 1.165) is 0 Å². The Morgan fingerprint density at radius 1 is 1.19 bits per heavy atom. The average molecular weight is 300 g/mol. The van der Waals surface area contributed by atoms with Crippen LogP contribution < -0.4 is 5.32 Å². The molecule has 0 bridgehead atoms. The molecule has 0 saturated carbocycles. The first-order valence-electron chi connectivity index (χ1n) is 6.57. The minimum absolute atomic E-state index is 0.0743. The Balaban J connectivity index is 2.02. The van der Waals surface area contributed by atoms with Crippen LogP contribution in [0.2, 0.25) is 0 Å². The molecule has 7 heteroatoms. The summed E-state index contributed by atoms with van der Waals surface area (Å²) in [5, 5.41) is 2.57. The number of hydrogen-bond donors (Lipinski definition) is 1. The molecule has 2 rings (SSSR count). The van der Waals surface area contributed by atoms with E-state index in [0.29, 0.717) is 5.56 Å². The number of rotatable bonds is 4. The van der Waals surface area contributed by atoms with E-state index in [1.165, 1.54) is 4.90 Å². The van der Waals surface area contributed by atoms with Gasteiger partial charge < -0.3 is 10.2 Å². The van der Waals surface area contributed by atoms with Crippen molar-refractivity contribution < 1.29 is 22.8 Å². The number of nitrogens with zero attached hydrogens (tertiary/aromatic N) is 1. The Bertz CT molecular complexity index is 517. The molecule has 1 aliphatic heterocycles. The first-order valence-corrected chi connectivity index (χ1v) is 6.57. The van der Waals surface area contributed by atoms with E-state index >= 15 is 0 Å². The summed E-state index contributed by atoms with van der Waals surface area (Å²) in [4.78, 5) is 25.1. The maximum Gasteiger partial charge on any atom is 0.389 e. The summed E-state index contributed by atoms with van der Waals surface area (Å²) < 4.78 is 36.4. The van der Waals surface area contributed by atoms with Gasteiger partial charge in [0.05, 0.1) is 6.54 Å². The van der Waals surface area contributed by atoms with Crippen molar-refractivity contribution in [2.24, 2.45) is 0 Å². The van der Waals surface area contributed by atoms with Crippen molar-refractivity contribution in [2.45, 2.75) is 25.1 Å². The fraction of sp³-hybridized carbons (Fsp3) is 0.429. The first-order chi connectivity index (χ1) is 9.87. The Morgan fingerprint density at radius 3 is 2.48 bits per heavy atom. The molecule has 1 fully saturated rings. The molecule has 4 nitrogen and oxygen atoms in total. The van der Waals surface area contributed by atoms with Crippen molar-refractivity contribution in [2.75, 3.05) is 13.1 Å². The minimum atomic E-state index is -4.25. The number of halogens is 3. The molecule has 0 aliphatic carbocycles. The van der Waals surface area contributed by atoms with Gasteiger partial charge >= 0.3 is 6.18 Å². The maximum atomic E-state index is 12.3. The number of alkyl halides is 3. The standard InChI is InChI=1S/C14H15F3N2O2/c15-14(16,17)7-4-8-19-9-11(20)18-12(13(19)21)10-5-2-1-3-6-10/h1-3,5-6,12H,4,7-9H2,(H,18,20). The van der Waals surface area contributed by atoms with Crippen molar-refractivity contribution in [1.29, 1.82) is 0 Å². The van der Waals surface area contributed by atoms with Crippen LogP contribution in [0.4, 0.5) is 13.2 Å². The molecule has 1 atom stereocenters. The summed E-state index contributed by atoms with van der Waals surface area (Å²) in [7, 11) is 0. The van der Waals surface area contributed by atoms with Crippen LogP contribution >= 0.6 is 0 Å². The quantitative estimate of drug-likeness (QED) is 0.925. The van der Waals surface area contributed by atoms with E-state index in [9.17, 15) is 22.8 Å². The smallest absolute Gasteiger partial charge is 0.339 e. The fourth-order valence-electron chi connectivity index (χ4n) is 2.23. The highest BCUT2D eigenvalue weighted by Crippen LogP contribution is 2.23. The van der Waals surface area contributed by atoms with Gasteiger partial charge in [0, 0.05) is 13.0 Å². The van der Waals surface area contributed by atoms with Crippen LogP contribution in [0, 0.1) is 0 Å². The number of piperazine rings is 1. The second-order valence-corrected chi connectivity index (χ2v) is 4.89. The molecule has 1 saturated heterocycles. The zero-order valence-electron chi connectivity index (χ0n) is 11.2. The van der Waals surface area contributed by atoms with Crippen molar-refractivity contribution in [1.82, 2.24) is 10.2 Å². The zero-order chi connectivity index (χ0) is 15.5. The molecule has 1 aromatic rings. The van der Waals surface area contributed by atoms with Gasteiger partial charge in [-0.15, -0.1) is 0 Å². The van der Waals surface area contributed by atoms with E-state index < -0.39 is 18.6 Å². The molecule has 1 N–H and O–H groups in total. The monoisotopic (exact) mass is 300 g/mol. The summed E-state index contributed by atoms with van der Waals surface area (Å²) in [6, 6.07) is 7.82. The van der Waals surface area contributed by atoms with E-state index in [1.807, 2.05) is 0 Å². The van der Waals surface area contributed by atoms with Gasteiger partial charge in [-0.25, -0.2) is 0 Å². The third kappa shape index (κ3) is 4.21. The van der Waals surface area contributed by atoms with Gasteiger partial charge in [-0.3, -0.25) is 9.59 Å². The van der Waals surface area contributed by atoms with Crippen molar-refractivity contribution in [3.05, 3.63) is 35.9 Å². The Labute approximate surface area is 119 Å². The maximum absolute atomic E-state index is 12.3. The van der Waals surface area contributed by atoms with E-state index in [2.05, 4.69) is 5.32 Å². The molecule has 1 aromatic carbocycles. The Morgan fingerprint density at radius 2 is 1.86 bits per heavy atom. The van der Waals surface area contributed by atoms with Crippen molar-refractivity contribution in [3.63, 3.8) is 0 Å². The predicted octanol–water partition coefficient (Wildman–Crippen LogP) is 2.03. The number of nitrogens with one attached hydrogen (secondary N) is 1. The first kappa shape index (κ1) is 15.3. The molecule has 0 spiro atoms. The van der Waals surface area contributed by atoms with Crippen molar-refractivity contribution in [3.8, 4) is 0 Å². The number of benzene rings is 1. The average Bonchev–Trinajstić information content (AvgIpc) is 2.42. The molecule has 1 aliphatic rings. The number of amides is 2. The second kappa shape index (κ2) is 6.15. The van der Waals surface area contributed by atoms with Crippen molar-refractivity contribution >= 4 is 11.8 Å². The summed E-state index contributed by atoms with van der Waals surface area (Å²) in [6.45, 7) is -0.269. The van der Waals surface area contributed by atoms with Gasteiger partial charge in [-0.2, -0.15) is 13.2 Å². The molecular weight excluding hydrogens is 285 g/mol. The van der Waals surface area contributed by atoms with Crippen LogP contribution in [-0.4, -0.2) is 36.0 Å². The normalized spacial score (nSPS) is 19.6. The predicted molar refractivity (Wildman–Crippen MR) is 69.2 cm³/mol. The molecule has 0 radical (unpaired) electrons. The molecule has 114 valence electrons. The third-order valence-electron chi connectivity index (χ3n) is 3.22. The van der Waals surface area contributed by atoms with Crippen LogP contribution in [0.1, 0.15) is 24.4 Å². The highest BCUT2D eigenvalue weighted by molar-refractivity contribution is 5.95. The van der Waals surface area contributed by atoms with E-state index in [1.54, 1.807) is 30.3 Å². The van der Waals surface area contributed by atoms with E-state index in [-0.39, 0.29) is 31.3 Å².